The van der Waals surface area contributed by atoms with Gasteiger partial charge in [-0.3, -0.25) is 0 Å². The van der Waals surface area contributed by atoms with Crippen LogP contribution < -0.4 is 4.74 Å². The fourth-order valence-electron chi connectivity index (χ4n) is 1.37. The molecule has 0 bridgehead atoms. The zero-order valence-electron chi connectivity index (χ0n) is 8.60. The summed E-state index contributed by atoms with van der Waals surface area (Å²) >= 11 is 0. The summed E-state index contributed by atoms with van der Waals surface area (Å²) in [6.07, 6.45) is 0. The van der Waals surface area contributed by atoms with Crippen LogP contribution in [0.15, 0.2) is 18.2 Å². The van der Waals surface area contributed by atoms with E-state index in [1.165, 1.54) is 6.07 Å². The van der Waals surface area contributed by atoms with Crippen molar-refractivity contribution in [3.05, 3.63) is 29.3 Å². The van der Waals surface area contributed by atoms with Gasteiger partial charge in [0, 0.05) is 0 Å². The molecule has 3 heteroatoms. The summed E-state index contributed by atoms with van der Waals surface area (Å²) in [7, 11) is 0. The molecule has 1 aromatic carbocycles. The van der Waals surface area contributed by atoms with Crippen molar-refractivity contribution >= 4 is 0 Å². The Hall–Kier alpha value is -1.12. The summed E-state index contributed by atoms with van der Waals surface area (Å²) in [5.41, 5.74) is 0.784. The maximum atomic E-state index is 13.0. The van der Waals surface area contributed by atoms with Gasteiger partial charge in [-0.05, 0) is 18.6 Å². The first-order valence-corrected chi connectivity index (χ1v) is 4.72. The molecule has 0 N–H and O–H groups in total. The van der Waals surface area contributed by atoms with Crippen LogP contribution in [0.25, 0.3) is 0 Å². The number of ether oxygens (including phenoxy) is 1. The highest BCUT2D eigenvalue weighted by Crippen LogP contribution is 2.42. The molecule has 78 valence electrons. The summed E-state index contributed by atoms with van der Waals surface area (Å²) in [5.74, 6) is -2.45. The van der Waals surface area contributed by atoms with E-state index in [2.05, 4.69) is 0 Å². The first-order valence-electron chi connectivity index (χ1n) is 4.72. The molecule has 2 rings (SSSR count). The smallest absolute Gasteiger partial charge is 0.310 e. The Bertz CT molecular complexity index is 321. The van der Waals surface area contributed by atoms with Gasteiger partial charge >= 0.3 is 5.92 Å². The van der Waals surface area contributed by atoms with Crippen LogP contribution in [-0.4, -0.2) is 6.61 Å². The number of halogens is 2. The normalized spacial score (nSPS) is 16.4. The second kappa shape index (κ2) is 3.95. The number of aryl methyl sites for hydroxylation is 1. The Morgan fingerprint density at radius 1 is 1.29 bits per heavy atom. The van der Waals surface area contributed by atoms with Gasteiger partial charge in [-0.2, -0.15) is 8.78 Å². The molecule has 0 atom stereocenters. The second-order valence-corrected chi connectivity index (χ2v) is 2.94. The molecular formula is C11H14F2O. The van der Waals surface area contributed by atoms with Crippen LogP contribution in [0.5, 0.6) is 5.75 Å². The number of hydrogen-bond acceptors (Lipinski definition) is 1. The Morgan fingerprint density at radius 3 is 2.50 bits per heavy atom. The Labute approximate surface area is 82.7 Å². The van der Waals surface area contributed by atoms with Gasteiger partial charge in [0.1, 0.15) is 5.75 Å². The molecule has 0 aromatic heterocycles. The molecule has 1 nitrogen and oxygen atoms in total. The Balaban J connectivity index is 0.000000461. The van der Waals surface area contributed by atoms with E-state index >= 15 is 0 Å². The fourth-order valence-corrected chi connectivity index (χ4v) is 1.37. The molecule has 0 radical (unpaired) electrons. The van der Waals surface area contributed by atoms with Crippen LogP contribution in [-0.2, 0) is 5.92 Å². The number of fused-ring (bicyclic) bond motifs is 1. The molecule has 0 saturated carbocycles. The molecule has 0 amide bonds. The highest BCUT2D eigenvalue weighted by molar-refractivity contribution is 5.45. The third kappa shape index (κ3) is 1.72. The van der Waals surface area contributed by atoms with Gasteiger partial charge in [-0.15, -0.1) is 0 Å². The van der Waals surface area contributed by atoms with E-state index in [9.17, 15) is 8.78 Å². The largest absolute Gasteiger partial charge is 0.486 e. The Kier molecular flexibility index (Phi) is 3.09. The van der Waals surface area contributed by atoms with Crippen molar-refractivity contribution in [3.8, 4) is 5.75 Å². The van der Waals surface area contributed by atoms with Gasteiger partial charge in [-0.25, -0.2) is 0 Å². The molecule has 1 aromatic rings. The van der Waals surface area contributed by atoms with Crippen LogP contribution in [0.4, 0.5) is 8.78 Å². The minimum Gasteiger partial charge on any atom is -0.486 e. The number of rotatable bonds is 0. The van der Waals surface area contributed by atoms with Crippen molar-refractivity contribution in [2.45, 2.75) is 26.7 Å². The van der Waals surface area contributed by atoms with E-state index in [-0.39, 0.29) is 5.56 Å². The van der Waals surface area contributed by atoms with Crippen LogP contribution in [0.1, 0.15) is 25.0 Å². The lowest BCUT2D eigenvalue weighted by atomic mass is 10.1. The van der Waals surface area contributed by atoms with Crippen LogP contribution in [0.3, 0.4) is 0 Å². The maximum Gasteiger partial charge on any atom is 0.310 e. The third-order valence-corrected chi connectivity index (χ3v) is 2.00. The van der Waals surface area contributed by atoms with Crippen molar-refractivity contribution in [1.82, 2.24) is 0 Å². The average Bonchev–Trinajstić information content (AvgIpc) is 2.48. The lowest BCUT2D eigenvalue weighted by molar-refractivity contribution is -0.0214. The monoisotopic (exact) mass is 200 g/mol. The molecule has 0 fully saturated rings. The quantitative estimate of drug-likeness (QED) is 0.622. The topological polar surface area (TPSA) is 9.23 Å². The maximum absolute atomic E-state index is 13.0. The first kappa shape index (κ1) is 11.0. The van der Waals surface area contributed by atoms with Gasteiger partial charge in [0.15, 0.2) is 6.61 Å². The summed E-state index contributed by atoms with van der Waals surface area (Å²) in [4.78, 5) is 0. The summed E-state index contributed by atoms with van der Waals surface area (Å²) < 4.78 is 30.9. The third-order valence-electron chi connectivity index (χ3n) is 2.00. The summed E-state index contributed by atoms with van der Waals surface area (Å²) in [6.45, 7) is 5.24. The number of hydrogen-bond donors (Lipinski definition) is 0. The fraction of sp³-hybridized carbons (Fsp3) is 0.455. The summed E-state index contributed by atoms with van der Waals surface area (Å²) in [6, 6.07) is 4.80. The van der Waals surface area contributed by atoms with Crippen molar-refractivity contribution in [3.63, 3.8) is 0 Å². The lowest BCUT2D eigenvalue weighted by Crippen LogP contribution is -2.14. The van der Waals surface area contributed by atoms with Gasteiger partial charge in [-0.1, -0.05) is 26.0 Å². The number of para-hydroxylation sites is 1. The van der Waals surface area contributed by atoms with E-state index in [1.807, 2.05) is 13.8 Å². The molecule has 0 spiro atoms. The molecule has 0 saturated heterocycles. The predicted octanol–water partition coefficient (Wildman–Crippen LogP) is 3.51. The zero-order valence-corrected chi connectivity index (χ0v) is 8.60. The minimum absolute atomic E-state index is 0.0162. The van der Waals surface area contributed by atoms with Crippen molar-refractivity contribution < 1.29 is 13.5 Å². The molecule has 0 unspecified atom stereocenters. The molecule has 14 heavy (non-hydrogen) atoms. The highest BCUT2D eigenvalue weighted by atomic mass is 19.3. The first-order chi connectivity index (χ1) is 6.61. The number of benzene rings is 1. The van der Waals surface area contributed by atoms with Gasteiger partial charge in [0.25, 0.3) is 0 Å². The molecule has 0 aliphatic carbocycles. The van der Waals surface area contributed by atoms with E-state index in [1.54, 1.807) is 19.1 Å². The van der Waals surface area contributed by atoms with E-state index in [0.29, 0.717) is 5.75 Å². The average molecular weight is 200 g/mol. The van der Waals surface area contributed by atoms with Crippen molar-refractivity contribution in [2.24, 2.45) is 0 Å². The van der Waals surface area contributed by atoms with Gasteiger partial charge in [0.05, 0.1) is 5.56 Å². The molecular weight excluding hydrogens is 186 g/mol. The second-order valence-electron chi connectivity index (χ2n) is 2.94. The van der Waals surface area contributed by atoms with Crippen molar-refractivity contribution in [2.75, 3.05) is 6.61 Å². The van der Waals surface area contributed by atoms with E-state index in [0.717, 1.165) is 5.56 Å². The molecule has 1 heterocycles. The van der Waals surface area contributed by atoms with Crippen molar-refractivity contribution in [1.29, 1.82) is 0 Å². The van der Waals surface area contributed by atoms with Crippen LogP contribution in [0, 0.1) is 6.92 Å². The highest BCUT2D eigenvalue weighted by Gasteiger charge is 2.41. The van der Waals surface area contributed by atoms with E-state index in [4.69, 9.17) is 4.74 Å². The molecule has 1 aliphatic rings. The molecule has 1 aliphatic heterocycles. The van der Waals surface area contributed by atoms with E-state index < -0.39 is 12.5 Å². The lowest BCUT2D eigenvalue weighted by Gasteiger charge is -2.05. The predicted molar refractivity (Wildman–Crippen MR) is 51.9 cm³/mol. The summed E-state index contributed by atoms with van der Waals surface area (Å²) in [5, 5.41) is 0. The van der Waals surface area contributed by atoms with Crippen LogP contribution >= 0.6 is 0 Å². The van der Waals surface area contributed by atoms with Gasteiger partial charge < -0.3 is 4.74 Å². The SMILES string of the molecule is CC.Cc1cccc2c1OCC2(F)F. The Morgan fingerprint density at radius 2 is 1.93 bits per heavy atom. The van der Waals surface area contributed by atoms with Gasteiger partial charge in [0.2, 0.25) is 0 Å². The number of alkyl halides is 2. The standard InChI is InChI=1S/C9H8F2O.C2H6/c1-6-3-2-4-7-8(6)12-5-9(7,10)11;1-2/h2-4H,5H2,1H3;1-2H3. The zero-order chi connectivity index (χ0) is 10.8. The minimum atomic E-state index is -2.80. The van der Waals surface area contributed by atoms with Crippen LogP contribution in [0.2, 0.25) is 0 Å².